The molecule has 2 aliphatic heterocycles. The molecule has 0 aromatic carbocycles. The van der Waals surface area contributed by atoms with Crippen molar-refractivity contribution in [2.24, 2.45) is 0 Å². The molecule has 0 spiro atoms. The predicted molar refractivity (Wildman–Crippen MR) is 82.6 cm³/mol. The van der Waals surface area contributed by atoms with Crippen molar-refractivity contribution >= 4 is 6.03 Å². The van der Waals surface area contributed by atoms with Crippen LogP contribution in [0.15, 0.2) is 22.8 Å². The molecule has 1 N–H and O–H groups in total. The Morgan fingerprint density at radius 2 is 2.23 bits per heavy atom. The molecule has 122 valence electrons. The average molecular weight is 307 g/mol. The zero-order chi connectivity index (χ0) is 15.4. The van der Waals surface area contributed by atoms with Gasteiger partial charge in [0, 0.05) is 13.1 Å². The number of morpholine rings is 1. The van der Waals surface area contributed by atoms with Crippen molar-refractivity contribution in [1.29, 1.82) is 0 Å². The number of carbonyl (C=O) groups is 1. The first-order chi connectivity index (χ1) is 10.8. The molecule has 3 heterocycles. The number of urea groups is 1. The molecule has 2 amide bonds. The molecule has 0 saturated carbocycles. The van der Waals surface area contributed by atoms with Crippen LogP contribution in [0.4, 0.5) is 4.79 Å². The molecule has 0 aliphatic carbocycles. The van der Waals surface area contributed by atoms with Crippen LogP contribution in [-0.2, 0) is 4.74 Å². The molecule has 6 heteroatoms. The van der Waals surface area contributed by atoms with Gasteiger partial charge in [0.1, 0.15) is 5.76 Å². The molecule has 2 atom stereocenters. The minimum absolute atomic E-state index is 0.00782. The number of amides is 2. The summed E-state index contributed by atoms with van der Waals surface area (Å²) in [7, 11) is 0. The minimum atomic E-state index is -0.00782. The van der Waals surface area contributed by atoms with Gasteiger partial charge >= 0.3 is 6.03 Å². The molecular formula is C16H25N3O3. The van der Waals surface area contributed by atoms with Gasteiger partial charge in [-0.1, -0.05) is 0 Å². The highest BCUT2D eigenvalue weighted by Gasteiger charge is 2.28. The predicted octanol–water partition coefficient (Wildman–Crippen LogP) is 1.85. The Hall–Kier alpha value is -1.53. The highest BCUT2D eigenvalue weighted by Crippen LogP contribution is 2.25. The number of carbonyl (C=O) groups excluding carboxylic acids is 1. The van der Waals surface area contributed by atoms with Gasteiger partial charge < -0.3 is 19.4 Å². The summed E-state index contributed by atoms with van der Waals surface area (Å²) in [5.41, 5.74) is 0. The van der Waals surface area contributed by atoms with Crippen molar-refractivity contribution < 1.29 is 13.9 Å². The van der Waals surface area contributed by atoms with E-state index in [0.717, 1.165) is 18.8 Å². The van der Waals surface area contributed by atoms with Crippen molar-refractivity contribution in [2.45, 2.75) is 31.8 Å². The maximum Gasteiger partial charge on any atom is 0.317 e. The van der Waals surface area contributed by atoms with Crippen LogP contribution in [0.25, 0.3) is 0 Å². The summed E-state index contributed by atoms with van der Waals surface area (Å²) in [5, 5.41) is 3.08. The molecule has 2 unspecified atom stereocenters. The van der Waals surface area contributed by atoms with Crippen LogP contribution in [0.2, 0.25) is 0 Å². The fraction of sp³-hybridized carbons (Fsp3) is 0.688. The first-order valence-corrected chi connectivity index (χ1v) is 8.15. The van der Waals surface area contributed by atoms with Crippen molar-refractivity contribution in [3.8, 4) is 0 Å². The molecule has 22 heavy (non-hydrogen) atoms. The lowest BCUT2D eigenvalue weighted by atomic mass is 10.2. The summed E-state index contributed by atoms with van der Waals surface area (Å²) in [6.07, 6.45) is 4.13. The van der Waals surface area contributed by atoms with Crippen LogP contribution < -0.4 is 5.32 Å². The van der Waals surface area contributed by atoms with Crippen LogP contribution in [0.1, 0.15) is 31.6 Å². The zero-order valence-corrected chi connectivity index (χ0v) is 13.2. The Kier molecular flexibility index (Phi) is 5.00. The number of rotatable bonds is 4. The quantitative estimate of drug-likeness (QED) is 0.922. The maximum atomic E-state index is 12.4. The van der Waals surface area contributed by atoms with Crippen molar-refractivity contribution in [3.63, 3.8) is 0 Å². The Morgan fingerprint density at radius 1 is 1.41 bits per heavy atom. The highest BCUT2D eigenvalue weighted by molar-refractivity contribution is 5.74. The fourth-order valence-electron chi connectivity index (χ4n) is 3.26. The number of ether oxygens (including phenoxy) is 1. The number of hydrogen-bond donors (Lipinski definition) is 1. The van der Waals surface area contributed by atoms with Crippen LogP contribution >= 0.6 is 0 Å². The van der Waals surface area contributed by atoms with Crippen LogP contribution in [0.5, 0.6) is 0 Å². The Morgan fingerprint density at radius 3 is 2.91 bits per heavy atom. The molecule has 0 radical (unpaired) electrons. The third-order valence-corrected chi connectivity index (χ3v) is 4.53. The topological polar surface area (TPSA) is 58.0 Å². The summed E-state index contributed by atoms with van der Waals surface area (Å²) >= 11 is 0. The Labute approximate surface area is 131 Å². The number of hydrogen-bond acceptors (Lipinski definition) is 4. The smallest absolute Gasteiger partial charge is 0.317 e. The molecule has 0 bridgehead atoms. The van der Waals surface area contributed by atoms with E-state index in [0.29, 0.717) is 26.3 Å². The minimum Gasteiger partial charge on any atom is -0.468 e. The van der Waals surface area contributed by atoms with E-state index in [1.165, 1.54) is 12.8 Å². The second kappa shape index (κ2) is 7.15. The van der Waals surface area contributed by atoms with E-state index in [2.05, 4.69) is 10.2 Å². The van der Waals surface area contributed by atoms with Gasteiger partial charge in [-0.3, -0.25) is 4.90 Å². The largest absolute Gasteiger partial charge is 0.468 e. The molecule has 2 saturated heterocycles. The number of likely N-dealkylation sites (tertiary alicyclic amines) is 1. The van der Waals surface area contributed by atoms with E-state index in [1.54, 1.807) is 6.26 Å². The Balaban J connectivity index is 1.60. The fourth-order valence-corrected chi connectivity index (χ4v) is 3.26. The molecular weight excluding hydrogens is 282 g/mol. The summed E-state index contributed by atoms with van der Waals surface area (Å²) in [6, 6.07) is 4.14. The normalized spacial score (nSPS) is 24.4. The first kappa shape index (κ1) is 15.4. The Bertz CT molecular complexity index is 471. The van der Waals surface area contributed by atoms with Gasteiger partial charge in [0.2, 0.25) is 0 Å². The summed E-state index contributed by atoms with van der Waals surface area (Å²) in [4.78, 5) is 16.7. The van der Waals surface area contributed by atoms with Crippen molar-refractivity contribution in [2.75, 3.05) is 39.4 Å². The van der Waals surface area contributed by atoms with E-state index in [9.17, 15) is 4.79 Å². The highest BCUT2D eigenvalue weighted by atomic mass is 16.5. The van der Waals surface area contributed by atoms with Gasteiger partial charge in [0.05, 0.1) is 31.6 Å². The lowest BCUT2D eigenvalue weighted by Crippen LogP contribution is -2.52. The van der Waals surface area contributed by atoms with Gasteiger partial charge in [0.25, 0.3) is 0 Å². The summed E-state index contributed by atoms with van der Waals surface area (Å²) in [6.45, 7) is 6.61. The summed E-state index contributed by atoms with van der Waals surface area (Å²) in [5.74, 6) is 0.928. The SMILES string of the molecule is CC1COCCN1C(=O)NCC(c1ccco1)N1CCCC1. The van der Waals surface area contributed by atoms with Gasteiger partial charge in [-0.25, -0.2) is 4.79 Å². The van der Waals surface area contributed by atoms with Crippen molar-refractivity contribution in [1.82, 2.24) is 15.1 Å². The van der Waals surface area contributed by atoms with E-state index < -0.39 is 0 Å². The van der Waals surface area contributed by atoms with E-state index in [4.69, 9.17) is 9.15 Å². The lowest BCUT2D eigenvalue weighted by molar-refractivity contribution is 0.0186. The first-order valence-electron chi connectivity index (χ1n) is 8.15. The second-order valence-corrected chi connectivity index (χ2v) is 6.08. The third kappa shape index (κ3) is 3.44. The average Bonchev–Trinajstić information content (AvgIpc) is 3.21. The molecule has 3 rings (SSSR count). The summed E-state index contributed by atoms with van der Waals surface area (Å²) < 4.78 is 11.0. The number of furan rings is 1. The molecule has 2 fully saturated rings. The van der Waals surface area contributed by atoms with E-state index >= 15 is 0 Å². The van der Waals surface area contributed by atoms with E-state index in [1.807, 2.05) is 24.0 Å². The standard InChI is InChI=1S/C16H25N3O3/c1-13-12-21-10-8-19(13)16(20)17-11-14(15-5-4-9-22-15)18-6-2-3-7-18/h4-5,9,13-14H,2-3,6-8,10-12H2,1H3,(H,17,20). The maximum absolute atomic E-state index is 12.4. The van der Waals surface area contributed by atoms with Crippen LogP contribution in [-0.4, -0.2) is 61.3 Å². The number of nitrogens with one attached hydrogen (secondary N) is 1. The molecule has 1 aromatic heterocycles. The van der Waals surface area contributed by atoms with Gasteiger partial charge in [-0.2, -0.15) is 0 Å². The molecule has 1 aromatic rings. The third-order valence-electron chi connectivity index (χ3n) is 4.53. The molecule has 2 aliphatic rings. The van der Waals surface area contributed by atoms with Crippen LogP contribution in [0.3, 0.4) is 0 Å². The monoisotopic (exact) mass is 307 g/mol. The van der Waals surface area contributed by atoms with E-state index in [-0.39, 0.29) is 18.1 Å². The van der Waals surface area contributed by atoms with Crippen LogP contribution in [0, 0.1) is 0 Å². The lowest BCUT2D eigenvalue weighted by Gasteiger charge is -2.34. The van der Waals surface area contributed by atoms with Gasteiger partial charge in [-0.05, 0) is 45.0 Å². The zero-order valence-electron chi connectivity index (χ0n) is 13.2. The number of nitrogens with zero attached hydrogens (tertiary/aromatic N) is 2. The van der Waals surface area contributed by atoms with Gasteiger partial charge in [-0.15, -0.1) is 0 Å². The second-order valence-electron chi connectivity index (χ2n) is 6.08. The van der Waals surface area contributed by atoms with Crippen molar-refractivity contribution in [3.05, 3.63) is 24.2 Å². The van der Waals surface area contributed by atoms with Gasteiger partial charge in [0.15, 0.2) is 0 Å². The molecule has 6 nitrogen and oxygen atoms in total.